The molecule has 3 fully saturated rings. The van der Waals surface area contributed by atoms with Crippen LogP contribution in [0.15, 0.2) is 54.6 Å². The summed E-state index contributed by atoms with van der Waals surface area (Å²) in [5.74, 6) is 3.12. The lowest BCUT2D eigenvalue weighted by Gasteiger charge is -2.49. The van der Waals surface area contributed by atoms with Gasteiger partial charge in [-0.15, -0.1) is 0 Å². The molecule has 2 bridgehead atoms. The first-order valence-corrected chi connectivity index (χ1v) is 10.2. The van der Waals surface area contributed by atoms with E-state index in [4.69, 9.17) is 9.47 Å². The van der Waals surface area contributed by atoms with Crippen LogP contribution in [0.3, 0.4) is 0 Å². The van der Waals surface area contributed by atoms with Crippen molar-refractivity contribution in [3.05, 3.63) is 54.6 Å². The highest BCUT2D eigenvalue weighted by Crippen LogP contribution is 2.37. The molecule has 3 saturated heterocycles. The van der Waals surface area contributed by atoms with Gasteiger partial charge in [0, 0.05) is 18.3 Å². The number of benzene rings is 2. The molecule has 2 aromatic rings. The van der Waals surface area contributed by atoms with Crippen molar-refractivity contribution in [3.63, 3.8) is 0 Å². The van der Waals surface area contributed by atoms with Crippen molar-refractivity contribution in [3.8, 4) is 11.5 Å². The zero-order chi connectivity index (χ0) is 19.3. The number of amides is 1. The average Bonchev–Trinajstić information content (AvgIpc) is 2.75. The number of anilines is 1. The van der Waals surface area contributed by atoms with Crippen LogP contribution in [0, 0.1) is 11.8 Å². The monoisotopic (exact) mass is 380 g/mol. The van der Waals surface area contributed by atoms with Gasteiger partial charge in [0.15, 0.2) is 0 Å². The van der Waals surface area contributed by atoms with E-state index >= 15 is 0 Å². The number of carbonyl (C=O) groups excluding carboxylic acids is 1. The molecule has 28 heavy (non-hydrogen) atoms. The van der Waals surface area contributed by atoms with Gasteiger partial charge in [0.1, 0.15) is 18.1 Å². The summed E-state index contributed by atoms with van der Waals surface area (Å²) >= 11 is 0. The summed E-state index contributed by atoms with van der Waals surface area (Å²) in [6, 6.07) is 17.3. The number of rotatable bonds is 6. The maximum atomic E-state index is 12.2. The Morgan fingerprint density at radius 1 is 1.11 bits per heavy atom. The molecule has 3 aliphatic rings. The highest BCUT2D eigenvalue weighted by Gasteiger charge is 2.39. The minimum atomic E-state index is -0.397. The minimum Gasteiger partial charge on any atom is -0.457 e. The van der Waals surface area contributed by atoms with Gasteiger partial charge in [0.05, 0.1) is 0 Å². The van der Waals surface area contributed by atoms with Crippen molar-refractivity contribution in [1.82, 2.24) is 4.90 Å². The fourth-order valence-electron chi connectivity index (χ4n) is 4.44. The van der Waals surface area contributed by atoms with Crippen LogP contribution in [0.1, 0.15) is 26.2 Å². The number of carbonyl (C=O) groups is 1. The van der Waals surface area contributed by atoms with E-state index in [1.165, 1.54) is 12.8 Å². The molecule has 0 aromatic heterocycles. The Labute approximate surface area is 166 Å². The summed E-state index contributed by atoms with van der Waals surface area (Å²) in [5.41, 5.74) is 0.696. The molecule has 4 atom stereocenters. The van der Waals surface area contributed by atoms with E-state index in [1.54, 1.807) is 0 Å². The van der Waals surface area contributed by atoms with Crippen LogP contribution in [0.4, 0.5) is 10.5 Å². The topological polar surface area (TPSA) is 50.8 Å². The maximum Gasteiger partial charge on any atom is 0.411 e. The predicted octanol–water partition coefficient (Wildman–Crippen LogP) is 5.15. The number of hydrogen-bond acceptors (Lipinski definition) is 4. The number of nitrogens with zero attached hydrogens (tertiary/aromatic N) is 1. The first-order valence-electron chi connectivity index (χ1n) is 10.2. The van der Waals surface area contributed by atoms with Crippen molar-refractivity contribution in [1.29, 1.82) is 0 Å². The SMILES string of the molecule is CC[C@@H]1CN2CC[C@H]1C[C@@H]2COC(=O)Nc1ccc(Oc2ccccc2)cc1. The van der Waals surface area contributed by atoms with E-state index in [1.807, 2.05) is 54.6 Å². The summed E-state index contributed by atoms with van der Waals surface area (Å²) < 4.78 is 11.3. The lowest BCUT2D eigenvalue weighted by atomic mass is 9.75. The van der Waals surface area contributed by atoms with Gasteiger partial charge in [-0.25, -0.2) is 4.79 Å². The van der Waals surface area contributed by atoms with E-state index in [-0.39, 0.29) is 0 Å². The number of fused-ring (bicyclic) bond motifs is 3. The molecule has 5 heteroatoms. The molecule has 1 unspecified atom stereocenters. The number of ether oxygens (including phenoxy) is 2. The van der Waals surface area contributed by atoms with Gasteiger partial charge in [-0.05, 0) is 67.6 Å². The van der Waals surface area contributed by atoms with Crippen LogP contribution < -0.4 is 10.1 Å². The lowest BCUT2D eigenvalue weighted by molar-refractivity contribution is -0.0240. The molecular weight excluding hydrogens is 352 g/mol. The summed E-state index contributed by atoms with van der Waals surface area (Å²) in [7, 11) is 0. The fraction of sp³-hybridized carbons (Fsp3) is 0.435. The standard InChI is InChI=1S/C23H28N2O3/c1-2-17-15-25-13-12-18(17)14-20(25)16-27-23(26)24-19-8-10-22(11-9-19)28-21-6-4-3-5-7-21/h3-11,17-18,20H,2,12-16H2,1H3,(H,24,26)/t17-,18+,20-/m1/s1. The van der Waals surface area contributed by atoms with Gasteiger partial charge in [-0.1, -0.05) is 31.5 Å². The second-order valence-electron chi connectivity index (χ2n) is 7.76. The molecular formula is C23H28N2O3. The Morgan fingerprint density at radius 3 is 2.54 bits per heavy atom. The van der Waals surface area contributed by atoms with Crippen molar-refractivity contribution in [2.45, 2.75) is 32.2 Å². The van der Waals surface area contributed by atoms with Crippen LogP contribution >= 0.6 is 0 Å². The van der Waals surface area contributed by atoms with Gasteiger partial charge in [0.25, 0.3) is 0 Å². The van der Waals surface area contributed by atoms with Gasteiger partial charge < -0.3 is 9.47 Å². The maximum absolute atomic E-state index is 12.2. The largest absolute Gasteiger partial charge is 0.457 e. The normalized spacial score (nSPS) is 25.9. The molecule has 2 aromatic carbocycles. The summed E-state index contributed by atoms with van der Waals surface area (Å²) in [6.45, 7) is 5.04. The molecule has 5 nitrogen and oxygen atoms in total. The van der Waals surface area contributed by atoms with Crippen molar-refractivity contribution in [2.24, 2.45) is 11.8 Å². The number of hydrogen-bond donors (Lipinski definition) is 1. The molecule has 0 radical (unpaired) electrons. The molecule has 1 N–H and O–H groups in total. The molecule has 5 rings (SSSR count). The minimum absolute atomic E-state index is 0.369. The number of nitrogens with one attached hydrogen (secondary N) is 1. The quantitative estimate of drug-likeness (QED) is 0.753. The highest BCUT2D eigenvalue weighted by molar-refractivity contribution is 5.84. The average molecular weight is 380 g/mol. The molecule has 0 aliphatic carbocycles. The zero-order valence-electron chi connectivity index (χ0n) is 16.3. The third kappa shape index (κ3) is 4.47. The van der Waals surface area contributed by atoms with Crippen LogP contribution in [0.5, 0.6) is 11.5 Å². The molecule has 0 saturated carbocycles. The fourth-order valence-corrected chi connectivity index (χ4v) is 4.44. The first kappa shape index (κ1) is 18.8. The number of para-hydroxylation sites is 1. The Bertz CT molecular complexity index is 778. The third-order valence-corrected chi connectivity index (χ3v) is 6.02. The second-order valence-corrected chi connectivity index (χ2v) is 7.76. The lowest BCUT2D eigenvalue weighted by Crippen LogP contribution is -2.54. The first-order chi connectivity index (χ1) is 13.7. The van der Waals surface area contributed by atoms with Gasteiger partial charge in [-0.2, -0.15) is 0 Å². The zero-order valence-corrected chi connectivity index (χ0v) is 16.3. The molecule has 148 valence electrons. The molecule has 3 heterocycles. The van der Waals surface area contributed by atoms with E-state index in [0.717, 1.165) is 42.8 Å². The van der Waals surface area contributed by atoms with Crippen LogP contribution in [0.2, 0.25) is 0 Å². The van der Waals surface area contributed by atoms with Crippen LogP contribution in [-0.2, 0) is 4.74 Å². The third-order valence-electron chi connectivity index (χ3n) is 6.02. The Balaban J connectivity index is 1.24. The number of piperidine rings is 3. The van der Waals surface area contributed by atoms with Gasteiger partial charge in [0.2, 0.25) is 0 Å². The van der Waals surface area contributed by atoms with Crippen LogP contribution in [0.25, 0.3) is 0 Å². The molecule has 1 amide bonds. The Hall–Kier alpha value is -2.53. The van der Waals surface area contributed by atoms with Crippen molar-refractivity contribution in [2.75, 3.05) is 25.0 Å². The summed E-state index contributed by atoms with van der Waals surface area (Å²) in [5, 5.41) is 2.80. The van der Waals surface area contributed by atoms with E-state index < -0.39 is 6.09 Å². The van der Waals surface area contributed by atoms with Gasteiger partial charge >= 0.3 is 6.09 Å². The Morgan fingerprint density at radius 2 is 1.86 bits per heavy atom. The van der Waals surface area contributed by atoms with E-state index in [2.05, 4.69) is 17.1 Å². The van der Waals surface area contributed by atoms with Crippen molar-refractivity contribution >= 4 is 11.8 Å². The van der Waals surface area contributed by atoms with Crippen molar-refractivity contribution < 1.29 is 14.3 Å². The van der Waals surface area contributed by atoms with E-state index in [9.17, 15) is 4.79 Å². The van der Waals surface area contributed by atoms with Gasteiger partial charge in [-0.3, -0.25) is 10.2 Å². The smallest absolute Gasteiger partial charge is 0.411 e. The predicted molar refractivity (Wildman–Crippen MR) is 110 cm³/mol. The van der Waals surface area contributed by atoms with E-state index in [0.29, 0.717) is 18.3 Å². The second kappa shape index (κ2) is 8.65. The molecule has 3 aliphatic heterocycles. The summed E-state index contributed by atoms with van der Waals surface area (Å²) in [4.78, 5) is 14.7. The Kier molecular flexibility index (Phi) is 5.81. The molecule has 0 spiro atoms. The highest BCUT2D eigenvalue weighted by atomic mass is 16.5. The summed E-state index contributed by atoms with van der Waals surface area (Å²) in [6.07, 6.45) is 3.29. The van der Waals surface area contributed by atoms with Crippen LogP contribution in [-0.4, -0.2) is 36.7 Å².